The minimum absolute atomic E-state index is 0.0535. The number of hydrogen-bond acceptors (Lipinski definition) is 2. The van der Waals surface area contributed by atoms with Crippen LogP contribution in [0.3, 0.4) is 0 Å². The molecular formula is C8H4BrF6NO. The van der Waals surface area contributed by atoms with Crippen molar-refractivity contribution >= 4 is 21.6 Å². The number of benzene rings is 1. The minimum Gasteiger partial charge on any atom is -0.405 e. The number of ether oxygens (including phenoxy) is 1. The van der Waals surface area contributed by atoms with Gasteiger partial charge in [-0.2, -0.15) is 13.2 Å². The van der Waals surface area contributed by atoms with Crippen molar-refractivity contribution in [2.24, 2.45) is 0 Å². The monoisotopic (exact) mass is 323 g/mol. The Bertz CT molecular complexity index is 427. The summed E-state index contributed by atoms with van der Waals surface area (Å²) in [7, 11) is 0. The second kappa shape index (κ2) is 4.28. The predicted octanol–water partition coefficient (Wildman–Crippen LogP) is 3.95. The fourth-order valence-corrected chi connectivity index (χ4v) is 1.57. The van der Waals surface area contributed by atoms with E-state index in [1.54, 1.807) is 0 Å². The van der Waals surface area contributed by atoms with E-state index in [2.05, 4.69) is 20.7 Å². The molecule has 1 rings (SSSR count). The molecular weight excluding hydrogens is 320 g/mol. The molecule has 2 N–H and O–H groups in total. The maximum Gasteiger partial charge on any atom is 0.573 e. The van der Waals surface area contributed by atoms with Crippen LogP contribution in [0.25, 0.3) is 0 Å². The van der Waals surface area contributed by atoms with Gasteiger partial charge in [-0.1, -0.05) is 15.9 Å². The van der Waals surface area contributed by atoms with E-state index < -0.39 is 29.5 Å². The Balaban J connectivity index is 3.36. The van der Waals surface area contributed by atoms with Gasteiger partial charge in [0.1, 0.15) is 11.3 Å². The molecule has 9 heteroatoms. The van der Waals surface area contributed by atoms with Gasteiger partial charge in [0, 0.05) is 10.2 Å². The average molecular weight is 324 g/mol. The Morgan fingerprint density at radius 1 is 1.06 bits per heavy atom. The van der Waals surface area contributed by atoms with Crippen molar-refractivity contribution in [1.29, 1.82) is 0 Å². The first-order chi connectivity index (χ1) is 7.50. The molecule has 17 heavy (non-hydrogen) atoms. The SMILES string of the molecule is Nc1cc(Br)cc(OC(F)(F)F)c1C(F)(F)F. The quantitative estimate of drug-likeness (QED) is 0.627. The van der Waals surface area contributed by atoms with Gasteiger partial charge in [0.25, 0.3) is 0 Å². The van der Waals surface area contributed by atoms with E-state index in [-0.39, 0.29) is 4.47 Å². The maximum atomic E-state index is 12.5. The normalized spacial score (nSPS) is 12.6. The fourth-order valence-electron chi connectivity index (χ4n) is 1.11. The van der Waals surface area contributed by atoms with E-state index in [0.717, 1.165) is 6.07 Å². The third-order valence-corrected chi connectivity index (χ3v) is 2.06. The molecule has 0 radical (unpaired) electrons. The van der Waals surface area contributed by atoms with E-state index in [4.69, 9.17) is 5.73 Å². The smallest absolute Gasteiger partial charge is 0.405 e. The van der Waals surface area contributed by atoms with Gasteiger partial charge in [0.2, 0.25) is 0 Å². The van der Waals surface area contributed by atoms with Gasteiger partial charge in [-0.05, 0) is 12.1 Å². The summed E-state index contributed by atoms with van der Waals surface area (Å²) in [6.45, 7) is 0. The van der Waals surface area contributed by atoms with Crippen molar-refractivity contribution in [2.45, 2.75) is 12.5 Å². The molecule has 0 unspecified atom stereocenters. The zero-order valence-electron chi connectivity index (χ0n) is 7.79. The van der Waals surface area contributed by atoms with Gasteiger partial charge < -0.3 is 10.5 Å². The lowest BCUT2D eigenvalue weighted by atomic mass is 10.1. The number of alkyl halides is 6. The van der Waals surface area contributed by atoms with Crippen molar-refractivity contribution in [3.05, 3.63) is 22.2 Å². The van der Waals surface area contributed by atoms with Crippen LogP contribution in [0.1, 0.15) is 5.56 Å². The highest BCUT2D eigenvalue weighted by Crippen LogP contribution is 2.43. The first kappa shape index (κ1) is 13.9. The van der Waals surface area contributed by atoms with Gasteiger partial charge in [0.05, 0.1) is 0 Å². The zero-order chi connectivity index (χ0) is 13.4. The molecule has 0 spiro atoms. The molecule has 0 bridgehead atoms. The van der Waals surface area contributed by atoms with Crippen LogP contribution in [0, 0.1) is 0 Å². The van der Waals surface area contributed by atoms with Crippen LogP contribution in [-0.2, 0) is 6.18 Å². The van der Waals surface area contributed by atoms with E-state index in [1.807, 2.05) is 0 Å². The Morgan fingerprint density at radius 2 is 1.59 bits per heavy atom. The van der Waals surface area contributed by atoms with E-state index in [9.17, 15) is 26.3 Å². The summed E-state index contributed by atoms with van der Waals surface area (Å²) in [4.78, 5) is 0. The molecule has 0 atom stereocenters. The molecule has 1 aromatic carbocycles. The standard InChI is InChI=1S/C8H4BrF6NO/c9-3-1-4(16)6(7(10,11)12)5(2-3)17-8(13,14)15/h1-2H,16H2. The molecule has 1 aromatic rings. The Morgan fingerprint density at radius 3 is 2.00 bits per heavy atom. The van der Waals surface area contributed by atoms with E-state index in [1.165, 1.54) is 0 Å². The number of halogens is 7. The highest BCUT2D eigenvalue weighted by Gasteiger charge is 2.41. The molecule has 0 fully saturated rings. The summed E-state index contributed by atoms with van der Waals surface area (Å²) >= 11 is 2.73. The lowest BCUT2D eigenvalue weighted by Crippen LogP contribution is -2.21. The molecule has 0 aliphatic heterocycles. The molecule has 2 nitrogen and oxygen atoms in total. The highest BCUT2D eigenvalue weighted by atomic mass is 79.9. The van der Waals surface area contributed by atoms with E-state index in [0.29, 0.717) is 6.07 Å². The maximum absolute atomic E-state index is 12.5. The first-order valence-electron chi connectivity index (χ1n) is 3.92. The van der Waals surface area contributed by atoms with Crippen molar-refractivity contribution in [3.8, 4) is 5.75 Å². The lowest BCUT2D eigenvalue weighted by molar-refractivity contribution is -0.276. The summed E-state index contributed by atoms with van der Waals surface area (Å²) in [5.41, 5.74) is 2.52. The summed E-state index contributed by atoms with van der Waals surface area (Å²) in [5.74, 6) is -1.39. The van der Waals surface area contributed by atoms with Gasteiger partial charge in [-0.25, -0.2) is 0 Å². The summed E-state index contributed by atoms with van der Waals surface area (Å²) < 4.78 is 76.4. The lowest BCUT2D eigenvalue weighted by Gasteiger charge is -2.17. The van der Waals surface area contributed by atoms with Crippen LogP contribution in [0.4, 0.5) is 32.0 Å². The number of nitrogen functional groups attached to an aromatic ring is 1. The second-order valence-electron chi connectivity index (χ2n) is 2.91. The average Bonchev–Trinajstić information content (AvgIpc) is 1.94. The van der Waals surface area contributed by atoms with Crippen LogP contribution in [0.15, 0.2) is 16.6 Å². The molecule has 0 aliphatic rings. The Hall–Kier alpha value is -1.12. The van der Waals surface area contributed by atoms with Crippen LogP contribution in [-0.4, -0.2) is 6.36 Å². The summed E-state index contributed by atoms with van der Waals surface area (Å²) in [6.07, 6.45) is -10.3. The highest BCUT2D eigenvalue weighted by molar-refractivity contribution is 9.10. The van der Waals surface area contributed by atoms with Gasteiger partial charge in [-0.3, -0.25) is 0 Å². The summed E-state index contributed by atoms with van der Waals surface area (Å²) in [5, 5.41) is 0. The molecule has 0 saturated heterocycles. The van der Waals surface area contributed by atoms with Gasteiger partial charge in [-0.15, -0.1) is 13.2 Å². The fraction of sp³-hybridized carbons (Fsp3) is 0.250. The largest absolute Gasteiger partial charge is 0.573 e. The molecule has 0 aromatic heterocycles. The summed E-state index contributed by atoms with van der Waals surface area (Å²) in [6, 6.07) is 1.39. The first-order valence-corrected chi connectivity index (χ1v) is 4.72. The van der Waals surface area contributed by atoms with Crippen molar-refractivity contribution < 1.29 is 31.1 Å². The number of rotatable bonds is 1. The number of anilines is 1. The van der Waals surface area contributed by atoms with Crippen molar-refractivity contribution in [3.63, 3.8) is 0 Å². The van der Waals surface area contributed by atoms with Crippen LogP contribution < -0.4 is 10.5 Å². The van der Waals surface area contributed by atoms with Crippen molar-refractivity contribution in [2.75, 3.05) is 5.73 Å². The van der Waals surface area contributed by atoms with Gasteiger partial charge in [0.15, 0.2) is 0 Å². The minimum atomic E-state index is -5.23. The number of nitrogens with two attached hydrogens (primary N) is 1. The van der Waals surface area contributed by atoms with Crippen LogP contribution >= 0.6 is 15.9 Å². The third kappa shape index (κ3) is 3.69. The van der Waals surface area contributed by atoms with E-state index >= 15 is 0 Å². The third-order valence-electron chi connectivity index (χ3n) is 1.61. The second-order valence-corrected chi connectivity index (χ2v) is 3.83. The Kier molecular flexibility index (Phi) is 3.51. The molecule has 0 amide bonds. The zero-order valence-corrected chi connectivity index (χ0v) is 9.37. The van der Waals surface area contributed by atoms with Crippen molar-refractivity contribution in [1.82, 2.24) is 0 Å². The molecule has 0 heterocycles. The van der Waals surface area contributed by atoms with Crippen LogP contribution in [0.5, 0.6) is 5.75 Å². The number of hydrogen-bond donors (Lipinski definition) is 1. The molecule has 0 saturated carbocycles. The topological polar surface area (TPSA) is 35.2 Å². The molecule has 0 aliphatic carbocycles. The van der Waals surface area contributed by atoms with Gasteiger partial charge >= 0.3 is 12.5 Å². The molecule has 96 valence electrons. The predicted molar refractivity (Wildman–Crippen MR) is 50.2 cm³/mol. The van der Waals surface area contributed by atoms with Crippen LogP contribution in [0.2, 0.25) is 0 Å². The Labute approximate surface area is 99.5 Å².